The molecule has 0 spiro atoms. The first-order valence-corrected chi connectivity index (χ1v) is 7.30. The summed E-state index contributed by atoms with van der Waals surface area (Å²) in [6.07, 6.45) is 3.95. The monoisotopic (exact) mass is 260 g/mol. The maximum Gasteiger partial charge on any atom is 0.222 e. The van der Waals surface area contributed by atoms with E-state index in [2.05, 4.69) is 41.8 Å². The van der Waals surface area contributed by atoms with Crippen LogP contribution in [0.3, 0.4) is 0 Å². The highest BCUT2D eigenvalue weighted by Gasteiger charge is 2.18. The number of rotatable bonds is 5. The molecule has 1 aliphatic rings. The Kier molecular flexibility index (Phi) is 4.97. The van der Waals surface area contributed by atoms with E-state index in [0.29, 0.717) is 12.5 Å². The van der Waals surface area contributed by atoms with Crippen molar-refractivity contribution in [2.45, 2.75) is 51.6 Å². The molecule has 0 radical (unpaired) electrons. The number of carbonyl (C=O) groups is 1. The second-order valence-corrected chi connectivity index (χ2v) is 5.38. The number of benzene rings is 1. The summed E-state index contributed by atoms with van der Waals surface area (Å²) in [6.45, 7) is 5.24. The molecule has 1 amide bonds. The van der Waals surface area contributed by atoms with Crippen LogP contribution in [0, 0.1) is 0 Å². The van der Waals surface area contributed by atoms with E-state index in [1.54, 1.807) is 0 Å². The van der Waals surface area contributed by atoms with Crippen LogP contribution in [0.2, 0.25) is 0 Å². The Labute approximate surface area is 115 Å². The number of amides is 1. The molecule has 1 saturated heterocycles. The van der Waals surface area contributed by atoms with Gasteiger partial charge in [0.25, 0.3) is 0 Å². The zero-order valence-corrected chi connectivity index (χ0v) is 11.9. The number of carbonyl (C=O) groups excluding carboxylic acids is 1. The van der Waals surface area contributed by atoms with Gasteiger partial charge >= 0.3 is 0 Å². The Morgan fingerprint density at radius 3 is 2.74 bits per heavy atom. The standard InChI is InChI=1S/C16H24N2O/c1-3-13-6-8-14(9-7-13)12(2)18-16(19)11-15-5-4-10-17-15/h6-9,12,15,17H,3-5,10-11H2,1-2H3,(H,18,19). The molecule has 0 saturated carbocycles. The Hall–Kier alpha value is -1.35. The summed E-state index contributed by atoms with van der Waals surface area (Å²) in [7, 11) is 0. The van der Waals surface area contributed by atoms with Crippen molar-refractivity contribution in [1.29, 1.82) is 0 Å². The first-order valence-electron chi connectivity index (χ1n) is 7.30. The van der Waals surface area contributed by atoms with Crippen molar-refractivity contribution in [3.8, 4) is 0 Å². The van der Waals surface area contributed by atoms with Crippen molar-refractivity contribution >= 4 is 5.91 Å². The van der Waals surface area contributed by atoms with Crippen LogP contribution in [-0.2, 0) is 11.2 Å². The first kappa shape index (κ1) is 14.1. The van der Waals surface area contributed by atoms with Gasteiger partial charge in [0.05, 0.1) is 6.04 Å². The van der Waals surface area contributed by atoms with Crippen molar-refractivity contribution in [3.05, 3.63) is 35.4 Å². The van der Waals surface area contributed by atoms with E-state index in [4.69, 9.17) is 0 Å². The van der Waals surface area contributed by atoms with E-state index >= 15 is 0 Å². The second-order valence-electron chi connectivity index (χ2n) is 5.38. The van der Waals surface area contributed by atoms with Gasteiger partial charge in [-0.1, -0.05) is 31.2 Å². The van der Waals surface area contributed by atoms with E-state index in [9.17, 15) is 4.79 Å². The van der Waals surface area contributed by atoms with Crippen LogP contribution in [0.5, 0.6) is 0 Å². The summed E-state index contributed by atoms with van der Waals surface area (Å²) in [6, 6.07) is 8.94. The van der Waals surface area contributed by atoms with Crippen LogP contribution in [0.25, 0.3) is 0 Å². The summed E-state index contributed by atoms with van der Waals surface area (Å²) < 4.78 is 0. The lowest BCUT2D eigenvalue weighted by molar-refractivity contribution is -0.122. The van der Waals surface area contributed by atoms with Crippen LogP contribution < -0.4 is 10.6 Å². The molecular formula is C16H24N2O. The van der Waals surface area contributed by atoms with Gasteiger partial charge in [-0.2, -0.15) is 0 Å². The fourth-order valence-corrected chi connectivity index (χ4v) is 2.58. The fourth-order valence-electron chi connectivity index (χ4n) is 2.58. The van der Waals surface area contributed by atoms with Gasteiger partial charge in [-0.05, 0) is 43.9 Å². The summed E-state index contributed by atoms with van der Waals surface area (Å²) in [5.74, 6) is 0.145. The molecule has 19 heavy (non-hydrogen) atoms. The predicted octanol–water partition coefficient (Wildman–Crippen LogP) is 2.57. The van der Waals surface area contributed by atoms with Gasteiger partial charge in [0.1, 0.15) is 0 Å². The molecule has 1 fully saturated rings. The van der Waals surface area contributed by atoms with E-state index in [-0.39, 0.29) is 11.9 Å². The Morgan fingerprint density at radius 1 is 1.42 bits per heavy atom. The Balaban J connectivity index is 1.84. The number of hydrogen-bond donors (Lipinski definition) is 2. The van der Waals surface area contributed by atoms with Crippen molar-refractivity contribution < 1.29 is 4.79 Å². The van der Waals surface area contributed by atoms with Gasteiger partial charge in [-0.3, -0.25) is 4.79 Å². The highest BCUT2D eigenvalue weighted by molar-refractivity contribution is 5.77. The van der Waals surface area contributed by atoms with Crippen LogP contribution in [0.15, 0.2) is 24.3 Å². The van der Waals surface area contributed by atoms with Crippen molar-refractivity contribution in [1.82, 2.24) is 10.6 Å². The van der Waals surface area contributed by atoms with E-state index < -0.39 is 0 Å². The fraction of sp³-hybridized carbons (Fsp3) is 0.562. The topological polar surface area (TPSA) is 41.1 Å². The molecule has 2 N–H and O–H groups in total. The minimum absolute atomic E-state index is 0.0832. The molecule has 2 rings (SSSR count). The molecule has 0 bridgehead atoms. The average molecular weight is 260 g/mol. The smallest absolute Gasteiger partial charge is 0.222 e. The van der Waals surface area contributed by atoms with Crippen LogP contribution in [0.1, 0.15) is 50.3 Å². The van der Waals surface area contributed by atoms with Gasteiger partial charge in [0.15, 0.2) is 0 Å². The Morgan fingerprint density at radius 2 is 2.16 bits per heavy atom. The highest BCUT2D eigenvalue weighted by Crippen LogP contribution is 2.15. The lowest BCUT2D eigenvalue weighted by atomic mass is 10.0. The van der Waals surface area contributed by atoms with Crippen LogP contribution in [0.4, 0.5) is 0 Å². The summed E-state index contributed by atoms with van der Waals surface area (Å²) in [5.41, 5.74) is 2.50. The molecule has 3 nitrogen and oxygen atoms in total. The maximum atomic E-state index is 12.0. The minimum atomic E-state index is 0.0832. The van der Waals surface area contributed by atoms with Crippen molar-refractivity contribution in [2.24, 2.45) is 0 Å². The molecule has 0 aromatic heterocycles. The molecular weight excluding hydrogens is 236 g/mol. The molecule has 2 atom stereocenters. The highest BCUT2D eigenvalue weighted by atomic mass is 16.1. The van der Waals surface area contributed by atoms with E-state index in [0.717, 1.165) is 19.4 Å². The number of aryl methyl sites for hydroxylation is 1. The Bertz CT molecular complexity index is 407. The third-order valence-corrected chi connectivity index (χ3v) is 3.86. The summed E-state index contributed by atoms with van der Waals surface area (Å²) in [4.78, 5) is 12.0. The average Bonchev–Trinajstić information content (AvgIpc) is 2.91. The molecule has 1 heterocycles. The molecule has 2 unspecified atom stereocenters. The molecule has 3 heteroatoms. The van der Waals surface area contributed by atoms with Gasteiger partial charge in [0, 0.05) is 12.5 Å². The van der Waals surface area contributed by atoms with Crippen LogP contribution in [-0.4, -0.2) is 18.5 Å². The summed E-state index contributed by atoms with van der Waals surface area (Å²) in [5, 5.41) is 6.44. The third-order valence-electron chi connectivity index (χ3n) is 3.86. The largest absolute Gasteiger partial charge is 0.350 e. The molecule has 1 aliphatic heterocycles. The first-order chi connectivity index (χ1) is 9.19. The second kappa shape index (κ2) is 6.71. The molecule has 104 valence electrons. The quantitative estimate of drug-likeness (QED) is 0.854. The van der Waals surface area contributed by atoms with E-state index in [1.165, 1.54) is 17.5 Å². The zero-order valence-electron chi connectivity index (χ0n) is 11.9. The molecule has 1 aromatic carbocycles. The lowest BCUT2D eigenvalue weighted by Gasteiger charge is -2.16. The van der Waals surface area contributed by atoms with Gasteiger partial charge in [-0.15, -0.1) is 0 Å². The minimum Gasteiger partial charge on any atom is -0.350 e. The number of nitrogens with one attached hydrogen (secondary N) is 2. The van der Waals surface area contributed by atoms with Gasteiger partial charge in [0.2, 0.25) is 5.91 Å². The number of hydrogen-bond acceptors (Lipinski definition) is 2. The zero-order chi connectivity index (χ0) is 13.7. The SMILES string of the molecule is CCc1ccc(C(C)NC(=O)CC2CCCN2)cc1. The lowest BCUT2D eigenvalue weighted by Crippen LogP contribution is -2.33. The normalized spacial score (nSPS) is 20.2. The van der Waals surface area contributed by atoms with E-state index in [1.807, 2.05) is 6.92 Å². The van der Waals surface area contributed by atoms with Crippen molar-refractivity contribution in [2.75, 3.05) is 6.54 Å². The summed E-state index contributed by atoms with van der Waals surface area (Å²) >= 11 is 0. The maximum absolute atomic E-state index is 12.0. The van der Waals surface area contributed by atoms with Crippen molar-refractivity contribution in [3.63, 3.8) is 0 Å². The third kappa shape index (κ3) is 4.06. The van der Waals surface area contributed by atoms with Gasteiger partial charge < -0.3 is 10.6 Å². The van der Waals surface area contributed by atoms with Gasteiger partial charge in [-0.25, -0.2) is 0 Å². The molecule has 0 aliphatic carbocycles. The molecule has 1 aromatic rings. The predicted molar refractivity (Wildman–Crippen MR) is 78.0 cm³/mol. The van der Waals surface area contributed by atoms with Crippen LogP contribution >= 0.6 is 0 Å².